The first-order chi connectivity index (χ1) is 15.1. The van der Waals surface area contributed by atoms with Crippen LogP contribution in [0.5, 0.6) is 0 Å². The van der Waals surface area contributed by atoms with Gasteiger partial charge >= 0.3 is 5.69 Å². The molecule has 0 bridgehead atoms. The maximum atomic E-state index is 12.6. The van der Waals surface area contributed by atoms with Crippen molar-refractivity contribution in [3.05, 3.63) is 69.6 Å². The Hall–Kier alpha value is -2.12. The molecule has 3 aromatic rings. The molecule has 0 amide bonds. The van der Waals surface area contributed by atoms with Crippen LogP contribution in [0.4, 0.5) is 0 Å². The first kappa shape index (κ1) is 20.8. The lowest BCUT2D eigenvalue weighted by molar-refractivity contribution is -0.167. The Bertz CT molecular complexity index is 1080. The smallest absolute Gasteiger partial charge is 0.326 e. The highest BCUT2D eigenvalue weighted by molar-refractivity contribution is 6.34. The summed E-state index contributed by atoms with van der Waals surface area (Å²) in [6, 6.07) is 16.2. The molecule has 1 atom stereocenters. The Kier molecular flexibility index (Phi) is 5.89. The van der Waals surface area contributed by atoms with Crippen LogP contribution in [-0.2, 0) is 15.9 Å². The monoisotopic (exact) mass is 441 g/mol. The SMILES string of the molecule is O=c1[nH]c2cccc(Cl)c2n1C1CCN(CC2(Cc3ccccc3)COCCO2)CC1. The Balaban J connectivity index is 1.30. The van der Waals surface area contributed by atoms with E-state index in [0.717, 1.165) is 49.9 Å². The second kappa shape index (κ2) is 8.79. The third kappa shape index (κ3) is 4.30. The zero-order valence-corrected chi connectivity index (χ0v) is 18.3. The van der Waals surface area contributed by atoms with Crippen LogP contribution in [0.2, 0.25) is 5.02 Å². The van der Waals surface area contributed by atoms with Gasteiger partial charge in [0.25, 0.3) is 0 Å². The van der Waals surface area contributed by atoms with Gasteiger partial charge in [-0.15, -0.1) is 0 Å². The van der Waals surface area contributed by atoms with Crippen molar-refractivity contribution in [3.8, 4) is 0 Å². The normalized spacial score (nSPS) is 23.4. The lowest BCUT2D eigenvalue weighted by Gasteiger charge is -2.43. The fraction of sp³-hybridized carbons (Fsp3) is 0.458. The molecule has 31 heavy (non-hydrogen) atoms. The lowest BCUT2D eigenvalue weighted by atomic mass is 9.92. The van der Waals surface area contributed by atoms with E-state index in [1.54, 1.807) is 0 Å². The summed E-state index contributed by atoms with van der Waals surface area (Å²) in [5.41, 5.74) is 2.48. The average molecular weight is 442 g/mol. The van der Waals surface area contributed by atoms with Crippen molar-refractivity contribution in [1.29, 1.82) is 0 Å². The van der Waals surface area contributed by atoms with E-state index in [0.29, 0.717) is 24.8 Å². The van der Waals surface area contributed by atoms with Gasteiger partial charge < -0.3 is 19.4 Å². The van der Waals surface area contributed by atoms with Crippen LogP contribution in [0.25, 0.3) is 11.0 Å². The number of hydrogen-bond acceptors (Lipinski definition) is 4. The van der Waals surface area contributed by atoms with E-state index < -0.39 is 0 Å². The number of likely N-dealkylation sites (tertiary alicyclic amines) is 1. The first-order valence-electron chi connectivity index (χ1n) is 11.0. The molecule has 2 aromatic carbocycles. The van der Waals surface area contributed by atoms with Gasteiger partial charge in [0.15, 0.2) is 0 Å². The minimum atomic E-state index is -0.326. The standard InChI is InChI=1S/C24H28ClN3O3/c25-20-7-4-8-21-22(20)28(23(29)26-21)19-9-11-27(12-10-19)16-24(17-30-13-14-31-24)15-18-5-2-1-3-6-18/h1-8,19H,9-17H2,(H,26,29). The zero-order chi connectivity index (χ0) is 21.3. The van der Waals surface area contributed by atoms with E-state index in [1.165, 1.54) is 5.56 Å². The zero-order valence-electron chi connectivity index (χ0n) is 17.6. The number of imidazole rings is 1. The molecule has 164 valence electrons. The summed E-state index contributed by atoms with van der Waals surface area (Å²) in [4.78, 5) is 18.0. The van der Waals surface area contributed by atoms with Crippen LogP contribution in [-0.4, -0.2) is 59.5 Å². The number of nitrogens with zero attached hydrogens (tertiary/aromatic N) is 2. The molecule has 2 fully saturated rings. The van der Waals surface area contributed by atoms with Crippen molar-refractivity contribution in [2.24, 2.45) is 0 Å². The van der Waals surface area contributed by atoms with Crippen molar-refractivity contribution in [1.82, 2.24) is 14.5 Å². The second-order valence-corrected chi connectivity index (χ2v) is 9.10. The molecule has 0 saturated carbocycles. The third-order valence-corrected chi connectivity index (χ3v) is 6.80. The molecule has 1 N–H and O–H groups in total. The van der Waals surface area contributed by atoms with Crippen molar-refractivity contribution in [2.45, 2.75) is 30.9 Å². The van der Waals surface area contributed by atoms with Crippen molar-refractivity contribution in [2.75, 3.05) is 39.5 Å². The maximum absolute atomic E-state index is 12.6. The van der Waals surface area contributed by atoms with Gasteiger partial charge in [-0.2, -0.15) is 0 Å². The van der Waals surface area contributed by atoms with Crippen LogP contribution in [0.3, 0.4) is 0 Å². The lowest BCUT2D eigenvalue weighted by Crippen LogP contribution is -2.54. The number of fused-ring (bicyclic) bond motifs is 1. The molecule has 7 heteroatoms. The number of piperidine rings is 1. The second-order valence-electron chi connectivity index (χ2n) is 8.69. The molecule has 5 rings (SSSR count). The number of aromatic amines is 1. The third-order valence-electron chi connectivity index (χ3n) is 6.49. The minimum Gasteiger partial charge on any atom is -0.376 e. The van der Waals surface area contributed by atoms with E-state index in [4.69, 9.17) is 21.1 Å². The van der Waals surface area contributed by atoms with Crippen molar-refractivity contribution < 1.29 is 9.47 Å². The number of rotatable bonds is 5. The van der Waals surface area contributed by atoms with Crippen LogP contribution >= 0.6 is 11.6 Å². The Morgan fingerprint density at radius 2 is 1.87 bits per heavy atom. The van der Waals surface area contributed by atoms with Crippen molar-refractivity contribution >= 4 is 22.6 Å². The molecule has 2 saturated heterocycles. The van der Waals surface area contributed by atoms with Crippen LogP contribution in [0, 0.1) is 0 Å². The number of benzene rings is 2. The number of halogens is 1. The summed E-state index contributed by atoms with van der Waals surface area (Å²) in [5.74, 6) is 0. The summed E-state index contributed by atoms with van der Waals surface area (Å²) in [6.45, 7) is 4.55. The number of H-pyrrole nitrogens is 1. The Morgan fingerprint density at radius 1 is 1.06 bits per heavy atom. The van der Waals surface area contributed by atoms with Crippen LogP contribution < -0.4 is 5.69 Å². The Labute approximate surface area is 186 Å². The highest BCUT2D eigenvalue weighted by atomic mass is 35.5. The topological polar surface area (TPSA) is 59.5 Å². The number of para-hydroxylation sites is 1. The van der Waals surface area contributed by atoms with Gasteiger partial charge in [-0.1, -0.05) is 48.0 Å². The summed E-state index contributed by atoms with van der Waals surface area (Å²) < 4.78 is 14.0. The molecule has 2 aliphatic heterocycles. The molecule has 1 unspecified atom stereocenters. The quantitative estimate of drug-likeness (QED) is 0.656. The molecule has 0 radical (unpaired) electrons. The van der Waals surface area contributed by atoms with Gasteiger partial charge in [0.1, 0.15) is 5.60 Å². The number of nitrogens with one attached hydrogen (secondary N) is 1. The number of ether oxygens (including phenoxy) is 2. The highest BCUT2D eigenvalue weighted by Gasteiger charge is 2.37. The Morgan fingerprint density at radius 3 is 2.61 bits per heavy atom. The first-order valence-corrected chi connectivity index (χ1v) is 11.4. The van der Waals surface area contributed by atoms with E-state index in [2.05, 4.69) is 34.1 Å². The summed E-state index contributed by atoms with van der Waals surface area (Å²) in [5, 5.41) is 0.618. The molecule has 3 heterocycles. The van der Waals surface area contributed by atoms with Crippen molar-refractivity contribution in [3.63, 3.8) is 0 Å². The van der Waals surface area contributed by atoms with Crippen LogP contribution in [0.15, 0.2) is 53.3 Å². The van der Waals surface area contributed by atoms with Gasteiger partial charge in [0.05, 0.1) is 35.9 Å². The van der Waals surface area contributed by atoms with E-state index in [9.17, 15) is 4.79 Å². The average Bonchev–Trinajstić information content (AvgIpc) is 3.13. The number of hydrogen-bond donors (Lipinski definition) is 1. The fourth-order valence-corrected chi connectivity index (χ4v) is 5.33. The predicted octanol–water partition coefficient (Wildman–Crippen LogP) is 3.65. The highest BCUT2D eigenvalue weighted by Crippen LogP contribution is 2.30. The molecular weight excluding hydrogens is 414 g/mol. The fourth-order valence-electron chi connectivity index (χ4n) is 5.06. The minimum absolute atomic E-state index is 0.0777. The van der Waals surface area contributed by atoms with Gasteiger partial charge in [-0.05, 0) is 30.5 Å². The van der Waals surface area contributed by atoms with E-state index >= 15 is 0 Å². The van der Waals surface area contributed by atoms with E-state index in [1.807, 2.05) is 28.8 Å². The predicted molar refractivity (Wildman–Crippen MR) is 122 cm³/mol. The molecule has 0 aliphatic carbocycles. The molecule has 2 aliphatic rings. The van der Waals surface area contributed by atoms with E-state index in [-0.39, 0.29) is 17.3 Å². The maximum Gasteiger partial charge on any atom is 0.326 e. The largest absolute Gasteiger partial charge is 0.376 e. The summed E-state index contributed by atoms with van der Waals surface area (Å²) >= 11 is 6.43. The molecule has 1 aromatic heterocycles. The van der Waals surface area contributed by atoms with Gasteiger partial charge in [-0.3, -0.25) is 4.57 Å². The molecule has 0 spiro atoms. The summed E-state index contributed by atoms with van der Waals surface area (Å²) in [6.07, 6.45) is 2.64. The summed E-state index contributed by atoms with van der Waals surface area (Å²) in [7, 11) is 0. The van der Waals surface area contributed by atoms with Gasteiger partial charge in [-0.25, -0.2) is 4.79 Å². The van der Waals surface area contributed by atoms with Gasteiger partial charge in [0.2, 0.25) is 0 Å². The molecular formula is C24H28ClN3O3. The van der Waals surface area contributed by atoms with Crippen LogP contribution in [0.1, 0.15) is 24.4 Å². The number of aromatic nitrogens is 2. The molecule has 6 nitrogen and oxygen atoms in total. The van der Waals surface area contributed by atoms with Gasteiger partial charge in [0, 0.05) is 32.1 Å².